The van der Waals surface area contributed by atoms with Crippen LogP contribution in [0.15, 0.2) is 12.4 Å². The molecule has 1 aromatic rings. The third-order valence-corrected chi connectivity index (χ3v) is 5.51. The van der Waals surface area contributed by atoms with Crippen LogP contribution in [0.1, 0.15) is 51.4 Å². The van der Waals surface area contributed by atoms with E-state index in [0.717, 1.165) is 63.0 Å². The highest BCUT2D eigenvalue weighted by Gasteiger charge is 2.35. The van der Waals surface area contributed by atoms with Crippen molar-refractivity contribution in [2.45, 2.75) is 62.6 Å². The van der Waals surface area contributed by atoms with Crippen LogP contribution in [-0.4, -0.2) is 58.6 Å². The molecule has 0 bridgehead atoms. The molecule has 3 rings (SSSR count). The Kier molecular flexibility index (Phi) is 4.97. The van der Waals surface area contributed by atoms with Crippen molar-refractivity contribution < 1.29 is 10.2 Å². The number of rotatable bonds is 6. The molecule has 0 amide bonds. The van der Waals surface area contributed by atoms with Crippen molar-refractivity contribution in [2.75, 3.05) is 37.0 Å². The van der Waals surface area contributed by atoms with Gasteiger partial charge in [-0.05, 0) is 25.7 Å². The van der Waals surface area contributed by atoms with Crippen LogP contribution in [-0.2, 0) is 0 Å². The molecule has 2 saturated carbocycles. The van der Waals surface area contributed by atoms with Crippen molar-refractivity contribution >= 4 is 11.6 Å². The van der Waals surface area contributed by atoms with Crippen LogP contribution in [0.5, 0.6) is 0 Å². The van der Waals surface area contributed by atoms with Crippen LogP contribution in [0.2, 0.25) is 0 Å². The Morgan fingerprint density at radius 3 is 1.46 bits per heavy atom. The zero-order valence-corrected chi connectivity index (χ0v) is 14.9. The van der Waals surface area contributed by atoms with Gasteiger partial charge in [0.1, 0.15) is 0 Å². The molecule has 0 atom stereocenters. The van der Waals surface area contributed by atoms with Gasteiger partial charge in [-0.1, -0.05) is 25.7 Å². The fraction of sp³-hybridized carbons (Fsp3) is 0.778. The van der Waals surface area contributed by atoms with E-state index in [9.17, 15) is 10.2 Å². The first-order valence-corrected chi connectivity index (χ1v) is 9.09. The maximum Gasteiger partial charge on any atom is 0.171 e. The summed E-state index contributed by atoms with van der Waals surface area (Å²) in [4.78, 5) is 13.0. The van der Waals surface area contributed by atoms with E-state index < -0.39 is 11.2 Å². The topological polar surface area (TPSA) is 72.7 Å². The Morgan fingerprint density at radius 1 is 0.792 bits per heavy atom. The standard InChI is InChI=1S/C18H30N4O2/c1-21(13-17(23)7-3-4-8-17)15-16(20-12-11-19-15)22(2)14-18(24)9-5-6-10-18/h11-12,23-24H,3-10,13-14H2,1-2H3. The lowest BCUT2D eigenvalue weighted by Gasteiger charge is -2.33. The molecule has 6 nitrogen and oxygen atoms in total. The predicted molar refractivity (Wildman–Crippen MR) is 95.4 cm³/mol. The van der Waals surface area contributed by atoms with E-state index in [1.807, 2.05) is 23.9 Å². The van der Waals surface area contributed by atoms with E-state index in [-0.39, 0.29) is 0 Å². The summed E-state index contributed by atoms with van der Waals surface area (Å²) >= 11 is 0. The highest BCUT2D eigenvalue weighted by atomic mass is 16.3. The molecule has 0 radical (unpaired) electrons. The molecule has 1 aromatic heterocycles. The molecule has 0 spiro atoms. The predicted octanol–water partition coefficient (Wildman–Crippen LogP) is 1.96. The van der Waals surface area contributed by atoms with E-state index >= 15 is 0 Å². The molecule has 2 aliphatic rings. The molecule has 2 fully saturated rings. The lowest BCUT2D eigenvalue weighted by atomic mass is 10.0. The first-order valence-electron chi connectivity index (χ1n) is 9.09. The van der Waals surface area contributed by atoms with Crippen LogP contribution in [0.25, 0.3) is 0 Å². The third-order valence-electron chi connectivity index (χ3n) is 5.51. The number of aliphatic hydroxyl groups is 2. The van der Waals surface area contributed by atoms with Gasteiger partial charge in [-0.25, -0.2) is 9.97 Å². The van der Waals surface area contributed by atoms with Crippen molar-refractivity contribution in [3.05, 3.63) is 12.4 Å². The zero-order chi connectivity index (χ0) is 17.2. The normalized spacial score (nSPS) is 21.8. The Labute approximate surface area is 144 Å². The van der Waals surface area contributed by atoms with Gasteiger partial charge >= 0.3 is 0 Å². The quantitative estimate of drug-likeness (QED) is 0.828. The molecule has 0 aromatic carbocycles. The summed E-state index contributed by atoms with van der Waals surface area (Å²) in [6, 6.07) is 0. The van der Waals surface area contributed by atoms with Gasteiger partial charge in [0.2, 0.25) is 0 Å². The molecule has 0 aliphatic heterocycles. The fourth-order valence-electron chi connectivity index (χ4n) is 4.28. The molecule has 24 heavy (non-hydrogen) atoms. The van der Waals surface area contributed by atoms with Gasteiger partial charge in [0.05, 0.1) is 11.2 Å². The van der Waals surface area contributed by atoms with Crippen molar-refractivity contribution in [3.63, 3.8) is 0 Å². The van der Waals surface area contributed by atoms with Crippen molar-refractivity contribution in [1.82, 2.24) is 9.97 Å². The number of anilines is 2. The summed E-state index contributed by atoms with van der Waals surface area (Å²) in [5.41, 5.74) is -1.24. The highest BCUT2D eigenvalue weighted by Crippen LogP contribution is 2.34. The Morgan fingerprint density at radius 2 is 1.12 bits per heavy atom. The molecule has 6 heteroatoms. The van der Waals surface area contributed by atoms with Crippen LogP contribution >= 0.6 is 0 Å². The minimum atomic E-state index is -0.619. The van der Waals surface area contributed by atoms with Crippen molar-refractivity contribution in [1.29, 1.82) is 0 Å². The van der Waals surface area contributed by atoms with Gasteiger partial charge in [0, 0.05) is 39.6 Å². The van der Waals surface area contributed by atoms with E-state index in [4.69, 9.17) is 0 Å². The first-order chi connectivity index (χ1) is 11.4. The maximum absolute atomic E-state index is 10.7. The minimum Gasteiger partial charge on any atom is -0.388 e. The average molecular weight is 334 g/mol. The Hall–Kier alpha value is -1.40. The van der Waals surface area contributed by atoms with Gasteiger partial charge in [0.25, 0.3) is 0 Å². The monoisotopic (exact) mass is 334 g/mol. The van der Waals surface area contributed by atoms with Crippen LogP contribution in [0.3, 0.4) is 0 Å². The molecule has 0 unspecified atom stereocenters. The van der Waals surface area contributed by atoms with E-state index in [0.29, 0.717) is 13.1 Å². The van der Waals surface area contributed by atoms with Crippen LogP contribution in [0, 0.1) is 0 Å². The molecule has 2 N–H and O–H groups in total. The second-order valence-corrected chi connectivity index (χ2v) is 7.78. The summed E-state index contributed by atoms with van der Waals surface area (Å²) in [7, 11) is 3.92. The molecule has 0 saturated heterocycles. The number of nitrogens with zero attached hydrogens (tertiary/aromatic N) is 4. The second-order valence-electron chi connectivity index (χ2n) is 7.78. The SMILES string of the molecule is CN(CC1(O)CCCC1)c1nccnc1N(C)CC1(O)CCCC1. The van der Waals surface area contributed by atoms with Gasteiger partial charge in [-0.15, -0.1) is 0 Å². The molecular weight excluding hydrogens is 304 g/mol. The summed E-state index contributed by atoms with van der Waals surface area (Å²) in [5.74, 6) is 1.53. The smallest absolute Gasteiger partial charge is 0.171 e. The lowest BCUT2D eigenvalue weighted by molar-refractivity contribution is 0.0544. The van der Waals surface area contributed by atoms with Crippen LogP contribution in [0.4, 0.5) is 11.6 Å². The number of hydrogen-bond acceptors (Lipinski definition) is 6. The maximum atomic E-state index is 10.7. The Balaban J connectivity index is 1.74. The molecule has 134 valence electrons. The zero-order valence-electron chi connectivity index (χ0n) is 14.9. The van der Waals surface area contributed by atoms with Gasteiger partial charge in [-0.3, -0.25) is 0 Å². The van der Waals surface area contributed by atoms with Crippen molar-refractivity contribution in [2.24, 2.45) is 0 Å². The molecular formula is C18H30N4O2. The highest BCUT2D eigenvalue weighted by molar-refractivity contribution is 5.61. The van der Waals surface area contributed by atoms with Gasteiger partial charge in [0.15, 0.2) is 11.6 Å². The summed E-state index contributed by atoms with van der Waals surface area (Å²) < 4.78 is 0. The minimum absolute atomic E-state index is 0.566. The summed E-state index contributed by atoms with van der Waals surface area (Å²) in [5, 5.41) is 21.4. The van der Waals surface area contributed by atoms with Gasteiger partial charge in [-0.2, -0.15) is 0 Å². The average Bonchev–Trinajstić information content (AvgIpc) is 3.16. The van der Waals surface area contributed by atoms with Crippen molar-refractivity contribution in [3.8, 4) is 0 Å². The first kappa shape index (κ1) is 17.4. The lowest BCUT2D eigenvalue weighted by Crippen LogP contribution is -2.42. The van der Waals surface area contributed by atoms with E-state index in [2.05, 4.69) is 9.97 Å². The van der Waals surface area contributed by atoms with E-state index in [1.54, 1.807) is 12.4 Å². The molecule has 1 heterocycles. The van der Waals surface area contributed by atoms with Gasteiger partial charge < -0.3 is 20.0 Å². The fourth-order valence-corrected chi connectivity index (χ4v) is 4.28. The number of aromatic nitrogens is 2. The third kappa shape index (κ3) is 3.81. The Bertz CT molecular complexity index is 505. The van der Waals surface area contributed by atoms with Crippen LogP contribution < -0.4 is 9.80 Å². The summed E-state index contributed by atoms with van der Waals surface area (Å²) in [6.45, 7) is 1.13. The number of likely N-dealkylation sites (N-methyl/N-ethyl adjacent to an activating group) is 2. The largest absolute Gasteiger partial charge is 0.388 e. The number of hydrogen-bond donors (Lipinski definition) is 2. The summed E-state index contributed by atoms with van der Waals surface area (Å²) in [6.07, 6.45) is 11.1. The molecule has 2 aliphatic carbocycles. The second kappa shape index (κ2) is 6.84. The van der Waals surface area contributed by atoms with E-state index in [1.165, 1.54) is 0 Å².